The maximum atomic E-state index is 11.9. The number of amidine groups is 1. The van der Waals surface area contributed by atoms with Crippen molar-refractivity contribution < 1.29 is 9.21 Å². The Morgan fingerprint density at radius 2 is 2.19 bits per heavy atom. The van der Waals surface area contributed by atoms with Crippen molar-refractivity contribution in [2.45, 2.75) is 0 Å². The van der Waals surface area contributed by atoms with E-state index in [9.17, 15) is 4.79 Å². The van der Waals surface area contributed by atoms with Crippen LogP contribution in [0.1, 0.15) is 5.76 Å². The number of nitrogens with zero attached hydrogens (tertiary/aromatic N) is 1. The summed E-state index contributed by atoms with van der Waals surface area (Å²) in [6, 6.07) is 11.3. The van der Waals surface area contributed by atoms with Crippen molar-refractivity contribution in [1.29, 1.82) is 0 Å². The molecule has 4 nitrogen and oxygen atoms in total. The van der Waals surface area contributed by atoms with Crippen molar-refractivity contribution in [3.05, 3.63) is 55.3 Å². The summed E-state index contributed by atoms with van der Waals surface area (Å²) in [4.78, 5) is 16.9. The molecule has 0 radical (unpaired) electrons. The first-order valence-electron chi connectivity index (χ1n) is 5.91. The average Bonchev–Trinajstić information content (AvgIpc) is 2.97. The first-order valence-corrected chi connectivity index (χ1v) is 8.59. The van der Waals surface area contributed by atoms with Crippen LogP contribution in [0, 0.1) is 3.77 Å². The molecule has 3 rings (SSSR count). The number of carbonyl (C=O) groups excluding carboxylic acids is 1. The molecule has 0 atom stereocenters. The molecule has 0 aliphatic carbocycles. The van der Waals surface area contributed by atoms with Crippen LogP contribution >= 0.6 is 50.3 Å². The van der Waals surface area contributed by atoms with Gasteiger partial charge in [0.1, 0.15) is 5.76 Å². The highest BCUT2D eigenvalue weighted by Gasteiger charge is 2.24. The number of rotatable bonds is 2. The Bertz CT molecular complexity index is 770. The Labute approximate surface area is 147 Å². The van der Waals surface area contributed by atoms with Crippen molar-refractivity contribution in [2.24, 2.45) is 4.99 Å². The molecule has 1 fully saturated rings. The standard InChI is InChI=1S/C14H8BrIN2O2S/c15-8-2-1-3-9(6-8)17-14-18-13(19)11(21-14)7-10-4-5-12(16)20-10/h1-7H,(H,17,18,19). The number of thioether (sulfide) groups is 1. The van der Waals surface area contributed by atoms with E-state index in [4.69, 9.17) is 4.42 Å². The molecule has 0 bridgehead atoms. The molecule has 0 saturated carbocycles. The second kappa shape index (κ2) is 6.37. The molecule has 1 aromatic carbocycles. The van der Waals surface area contributed by atoms with Gasteiger partial charge in [0, 0.05) is 10.5 Å². The molecule has 106 valence electrons. The quantitative estimate of drug-likeness (QED) is 0.513. The van der Waals surface area contributed by atoms with Crippen LogP contribution in [-0.2, 0) is 4.79 Å². The van der Waals surface area contributed by atoms with E-state index in [0.717, 1.165) is 13.9 Å². The molecule has 2 heterocycles. The summed E-state index contributed by atoms with van der Waals surface area (Å²) in [5, 5.41) is 3.31. The first-order chi connectivity index (χ1) is 10.1. The molecular weight excluding hydrogens is 467 g/mol. The van der Waals surface area contributed by atoms with E-state index in [1.54, 1.807) is 6.08 Å². The van der Waals surface area contributed by atoms with Gasteiger partial charge >= 0.3 is 0 Å². The van der Waals surface area contributed by atoms with Gasteiger partial charge in [-0.1, -0.05) is 22.0 Å². The molecule has 7 heteroatoms. The summed E-state index contributed by atoms with van der Waals surface area (Å²) < 4.78 is 7.16. The summed E-state index contributed by atoms with van der Waals surface area (Å²) in [6.07, 6.45) is 1.71. The summed E-state index contributed by atoms with van der Waals surface area (Å²) in [5.41, 5.74) is 0.779. The Kier molecular flexibility index (Phi) is 4.51. The van der Waals surface area contributed by atoms with E-state index in [0.29, 0.717) is 15.8 Å². The number of hydrogen-bond acceptors (Lipinski definition) is 4. The molecular formula is C14H8BrIN2O2S. The van der Waals surface area contributed by atoms with E-state index in [1.165, 1.54) is 11.8 Å². The number of carbonyl (C=O) groups is 1. The smallest absolute Gasteiger partial charge is 0.264 e. The monoisotopic (exact) mass is 474 g/mol. The lowest BCUT2D eigenvalue weighted by Crippen LogP contribution is -2.19. The lowest BCUT2D eigenvalue weighted by Gasteiger charge is -1.96. The van der Waals surface area contributed by atoms with Gasteiger partial charge in [-0.15, -0.1) is 0 Å². The number of hydrogen-bond donors (Lipinski definition) is 1. The van der Waals surface area contributed by atoms with E-state index in [1.807, 2.05) is 36.4 Å². The number of amides is 1. The highest BCUT2D eigenvalue weighted by atomic mass is 127. The van der Waals surface area contributed by atoms with Crippen LogP contribution in [0.2, 0.25) is 0 Å². The summed E-state index contributed by atoms with van der Waals surface area (Å²) in [6.45, 7) is 0. The molecule has 1 aromatic heterocycles. The zero-order valence-electron chi connectivity index (χ0n) is 10.5. The second-order valence-corrected chi connectivity index (χ2v) is 7.11. The van der Waals surface area contributed by atoms with E-state index in [2.05, 4.69) is 48.8 Å². The third kappa shape index (κ3) is 3.78. The lowest BCUT2D eigenvalue weighted by atomic mass is 10.3. The fourth-order valence-electron chi connectivity index (χ4n) is 1.68. The maximum absolute atomic E-state index is 11.9. The fraction of sp³-hybridized carbons (Fsp3) is 0. The summed E-state index contributed by atoms with van der Waals surface area (Å²) in [5.74, 6) is 0.487. The Balaban J connectivity index is 1.83. The van der Waals surface area contributed by atoms with Gasteiger partial charge in [-0.25, -0.2) is 4.99 Å². The molecule has 1 aliphatic heterocycles. The Morgan fingerprint density at radius 3 is 2.90 bits per heavy atom. The van der Waals surface area contributed by atoms with Crippen molar-refractivity contribution in [3.63, 3.8) is 0 Å². The third-order valence-corrected chi connectivity index (χ3v) is 4.54. The molecule has 0 spiro atoms. The van der Waals surface area contributed by atoms with Crippen LogP contribution in [0.5, 0.6) is 0 Å². The van der Waals surface area contributed by atoms with Crippen molar-refractivity contribution in [1.82, 2.24) is 5.32 Å². The van der Waals surface area contributed by atoms with Gasteiger partial charge in [-0.2, -0.15) is 0 Å². The SMILES string of the molecule is O=C1NC(=Nc2cccc(Br)c2)SC1=Cc1ccc(I)o1. The van der Waals surface area contributed by atoms with E-state index in [-0.39, 0.29) is 5.91 Å². The zero-order chi connectivity index (χ0) is 14.8. The second-order valence-electron chi connectivity index (χ2n) is 4.10. The highest BCUT2D eigenvalue weighted by Crippen LogP contribution is 2.29. The van der Waals surface area contributed by atoms with Gasteiger partial charge in [0.25, 0.3) is 5.91 Å². The lowest BCUT2D eigenvalue weighted by molar-refractivity contribution is -0.115. The minimum atomic E-state index is -0.167. The van der Waals surface area contributed by atoms with Crippen molar-refractivity contribution in [3.8, 4) is 0 Å². The van der Waals surface area contributed by atoms with Crippen LogP contribution in [0.15, 0.2) is 55.2 Å². The first kappa shape index (κ1) is 14.9. The van der Waals surface area contributed by atoms with Crippen molar-refractivity contribution in [2.75, 3.05) is 0 Å². The minimum Gasteiger partial charge on any atom is -0.451 e. The maximum Gasteiger partial charge on any atom is 0.264 e. The van der Waals surface area contributed by atoms with Crippen LogP contribution in [0.3, 0.4) is 0 Å². The Hall–Kier alpha value is -1.06. The van der Waals surface area contributed by atoms with Crippen LogP contribution in [0.4, 0.5) is 5.69 Å². The molecule has 2 aromatic rings. The van der Waals surface area contributed by atoms with Crippen molar-refractivity contribution >= 4 is 73.1 Å². The van der Waals surface area contributed by atoms with Gasteiger partial charge < -0.3 is 9.73 Å². The van der Waals surface area contributed by atoms with Crippen LogP contribution in [0.25, 0.3) is 6.08 Å². The van der Waals surface area contributed by atoms with Gasteiger partial charge in [0.2, 0.25) is 0 Å². The normalized spacial score (nSPS) is 18.5. The predicted octanol–water partition coefficient (Wildman–Crippen LogP) is 4.54. The van der Waals surface area contributed by atoms with E-state index >= 15 is 0 Å². The number of benzene rings is 1. The van der Waals surface area contributed by atoms with Gasteiger partial charge in [0.05, 0.1) is 10.6 Å². The Morgan fingerprint density at radius 1 is 1.33 bits per heavy atom. The van der Waals surface area contributed by atoms with Gasteiger partial charge in [0.15, 0.2) is 8.93 Å². The number of furan rings is 1. The van der Waals surface area contributed by atoms with Crippen LogP contribution < -0.4 is 5.32 Å². The van der Waals surface area contributed by atoms with Gasteiger partial charge in [-0.05, 0) is 64.7 Å². The van der Waals surface area contributed by atoms with Crippen LogP contribution in [-0.4, -0.2) is 11.1 Å². The molecule has 1 saturated heterocycles. The number of halogens is 2. The van der Waals surface area contributed by atoms with Gasteiger partial charge in [-0.3, -0.25) is 4.79 Å². The summed E-state index contributed by atoms with van der Waals surface area (Å²) >= 11 is 6.77. The topological polar surface area (TPSA) is 54.6 Å². The molecule has 1 aliphatic rings. The molecule has 1 N–H and O–H groups in total. The third-order valence-electron chi connectivity index (χ3n) is 2.56. The summed E-state index contributed by atoms with van der Waals surface area (Å²) in [7, 11) is 0. The minimum absolute atomic E-state index is 0.167. The molecule has 21 heavy (non-hydrogen) atoms. The predicted molar refractivity (Wildman–Crippen MR) is 96.4 cm³/mol. The number of nitrogens with one attached hydrogen (secondary N) is 1. The highest BCUT2D eigenvalue weighted by molar-refractivity contribution is 14.1. The van der Waals surface area contributed by atoms with E-state index < -0.39 is 0 Å². The molecule has 0 unspecified atom stereocenters. The average molecular weight is 475 g/mol. The fourth-order valence-corrected chi connectivity index (χ4v) is 3.32. The zero-order valence-corrected chi connectivity index (χ0v) is 15.0. The largest absolute Gasteiger partial charge is 0.451 e. The number of aliphatic imine (C=N–C) groups is 1. The molecule has 1 amide bonds.